The average molecular weight is 324 g/mol. The largest absolute Gasteiger partial charge is 0.497 e. The number of aliphatic hydroxyl groups excluding tert-OH is 1. The van der Waals surface area contributed by atoms with Crippen molar-refractivity contribution in [3.63, 3.8) is 0 Å². The lowest BCUT2D eigenvalue weighted by molar-refractivity contribution is -0.0680. The minimum absolute atomic E-state index is 0. The van der Waals surface area contributed by atoms with Gasteiger partial charge in [-0.3, -0.25) is 0 Å². The van der Waals surface area contributed by atoms with Gasteiger partial charge in [-0.05, 0) is 62.0 Å². The standard InChI is InChI=1S/C18H25NO2.ClH/c1-19-10-9-18-8-4-3-5-14(18)16(19)17(20)13-7-6-12(21-2)11-15(13)18;/h6-7,11,14,16-17,20H,3-5,8-10H2,1-2H3;1H/t14-,16-,17-,18+;/m1./s1. The van der Waals surface area contributed by atoms with Crippen LogP contribution in [0.25, 0.3) is 0 Å². The number of likely N-dealkylation sites (tertiary alicyclic amines) is 1. The number of rotatable bonds is 1. The van der Waals surface area contributed by atoms with Gasteiger partial charge in [0, 0.05) is 11.5 Å². The SMILES string of the molecule is COc1ccc2c(c1)[C@]13CCCC[C@@H]1[C@H]([C@@H]2O)N(C)CC3.Cl. The van der Waals surface area contributed by atoms with E-state index in [-0.39, 0.29) is 23.9 Å². The van der Waals surface area contributed by atoms with Crippen LogP contribution < -0.4 is 4.74 Å². The molecule has 3 aliphatic rings. The Bertz CT molecular complexity index is 564. The molecule has 2 fully saturated rings. The molecule has 0 spiro atoms. The van der Waals surface area contributed by atoms with Crippen molar-refractivity contribution >= 4 is 12.4 Å². The van der Waals surface area contributed by atoms with Crippen molar-refractivity contribution in [2.45, 2.75) is 49.7 Å². The number of hydrogen-bond acceptors (Lipinski definition) is 3. The molecule has 4 atom stereocenters. The molecular weight excluding hydrogens is 298 g/mol. The maximum absolute atomic E-state index is 11.0. The highest BCUT2D eigenvalue weighted by atomic mass is 35.5. The molecule has 2 aliphatic carbocycles. The van der Waals surface area contributed by atoms with Gasteiger partial charge < -0.3 is 14.7 Å². The lowest BCUT2D eigenvalue weighted by atomic mass is 9.52. The first-order valence-electron chi connectivity index (χ1n) is 8.24. The highest BCUT2D eigenvalue weighted by Crippen LogP contribution is 2.58. The van der Waals surface area contributed by atoms with E-state index in [1.54, 1.807) is 7.11 Å². The molecule has 1 aromatic carbocycles. The summed E-state index contributed by atoms with van der Waals surface area (Å²) in [7, 11) is 3.91. The van der Waals surface area contributed by atoms with Gasteiger partial charge in [0.15, 0.2) is 0 Å². The van der Waals surface area contributed by atoms with Gasteiger partial charge in [0.25, 0.3) is 0 Å². The second-order valence-electron chi connectivity index (χ2n) is 7.13. The van der Waals surface area contributed by atoms with Crippen LogP contribution in [0, 0.1) is 5.92 Å². The van der Waals surface area contributed by atoms with Gasteiger partial charge >= 0.3 is 0 Å². The molecule has 122 valence electrons. The number of hydrogen-bond donors (Lipinski definition) is 1. The van der Waals surface area contributed by atoms with Crippen LogP contribution in [-0.4, -0.2) is 36.8 Å². The van der Waals surface area contributed by atoms with Crippen molar-refractivity contribution in [1.29, 1.82) is 0 Å². The number of aliphatic hydroxyl groups is 1. The zero-order chi connectivity index (χ0) is 14.6. The normalized spacial score (nSPS) is 36.8. The van der Waals surface area contributed by atoms with Gasteiger partial charge in [0.1, 0.15) is 5.75 Å². The highest BCUT2D eigenvalue weighted by molar-refractivity contribution is 5.85. The Morgan fingerprint density at radius 2 is 2.09 bits per heavy atom. The molecule has 1 N–H and O–H groups in total. The first-order valence-corrected chi connectivity index (χ1v) is 8.24. The molecule has 22 heavy (non-hydrogen) atoms. The Morgan fingerprint density at radius 3 is 2.86 bits per heavy atom. The summed E-state index contributed by atoms with van der Waals surface area (Å²) in [5.41, 5.74) is 2.80. The Kier molecular flexibility index (Phi) is 4.17. The molecule has 1 heterocycles. The first kappa shape index (κ1) is 16.1. The van der Waals surface area contributed by atoms with Crippen LogP contribution in [0.2, 0.25) is 0 Å². The zero-order valence-electron chi connectivity index (χ0n) is 13.4. The molecule has 3 nitrogen and oxygen atoms in total. The number of piperidine rings is 1. The Morgan fingerprint density at radius 1 is 1.27 bits per heavy atom. The monoisotopic (exact) mass is 323 g/mol. The lowest BCUT2D eigenvalue weighted by Gasteiger charge is -2.59. The van der Waals surface area contributed by atoms with Crippen LogP contribution >= 0.6 is 12.4 Å². The molecule has 1 aromatic rings. The van der Waals surface area contributed by atoms with Crippen molar-refractivity contribution in [1.82, 2.24) is 4.90 Å². The van der Waals surface area contributed by atoms with Gasteiger partial charge in [-0.2, -0.15) is 0 Å². The van der Waals surface area contributed by atoms with Gasteiger partial charge in [-0.1, -0.05) is 18.9 Å². The number of ether oxygens (including phenoxy) is 1. The smallest absolute Gasteiger partial charge is 0.119 e. The molecule has 4 rings (SSSR count). The van der Waals surface area contributed by atoms with Crippen LogP contribution in [0.5, 0.6) is 5.75 Å². The highest BCUT2D eigenvalue weighted by Gasteiger charge is 2.56. The summed E-state index contributed by atoms with van der Waals surface area (Å²) in [6, 6.07) is 6.59. The summed E-state index contributed by atoms with van der Waals surface area (Å²) in [5.74, 6) is 1.52. The van der Waals surface area contributed by atoms with E-state index in [0.29, 0.717) is 12.0 Å². The summed E-state index contributed by atoms with van der Waals surface area (Å²) in [5, 5.41) is 11.0. The van der Waals surface area contributed by atoms with E-state index < -0.39 is 0 Å². The van der Waals surface area contributed by atoms with E-state index >= 15 is 0 Å². The van der Waals surface area contributed by atoms with Crippen LogP contribution in [0.15, 0.2) is 18.2 Å². The number of benzene rings is 1. The van der Waals surface area contributed by atoms with Gasteiger partial charge in [-0.15, -0.1) is 12.4 Å². The fraction of sp³-hybridized carbons (Fsp3) is 0.667. The Labute approximate surface area is 139 Å². The van der Waals surface area contributed by atoms with E-state index in [9.17, 15) is 5.11 Å². The van der Waals surface area contributed by atoms with Crippen LogP contribution in [0.4, 0.5) is 0 Å². The third-order valence-corrected chi connectivity index (χ3v) is 6.37. The maximum atomic E-state index is 11.0. The molecule has 1 saturated carbocycles. The van der Waals surface area contributed by atoms with E-state index in [0.717, 1.165) is 17.9 Å². The minimum atomic E-state index is -0.354. The van der Waals surface area contributed by atoms with Crippen molar-refractivity contribution < 1.29 is 9.84 Å². The van der Waals surface area contributed by atoms with Crippen LogP contribution in [-0.2, 0) is 5.41 Å². The fourth-order valence-corrected chi connectivity index (χ4v) is 5.37. The first-order chi connectivity index (χ1) is 10.2. The van der Waals surface area contributed by atoms with Crippen LogP contribution in [0.3, 0.4) is 0 Å². The molecule has 1 saturated heterocycles. The van der Waals surface area contributed by atoms with Crippen molar-refractivity contribution in [2.24, 2.45) is 5.92 Å². The zero-order valence-corrected chi connectivity index (χ0v) is 14.2. The summed E-state index contributed by atoms with van der Waals surface area (Å²) in [4.78, 5) is 2.39. The lowest BCUT2D eigenvalue weighted by Crippen LogP contribution is -2.61. The van der Waals surface area contributed by atoms with E-state index in [1.165, 1.54) is 37.7 Å². The van der Waals surface area contributed by atoms with Gasteiger partial charge in [0.2, 0.25) is 0 Å². The number of fused-ring (bicyclic) bond motifs is 1. The third kappa shape index (κ3) is 2.02. The fourth-order valence-electron chi connectivity index (χ4n) is 5.37. The third-order valence-electron chi connectivity index (χ3n) is 6.37. The molecule has 0 amide bonds. The van der Waals surface area contributed by atoms with Crippen LogP contribution in [0.1, 0.15) is 49.3 Å². The minimum Gasteiger partial charge on any atom is -0.497 e. The summed E-state index contributed by atoms with van der Waals surface area (Å²) >= 11 is 0. The van der Waals surface area contributed by atoms with Gasteiger partial charge in [-0.25, -0.2) is 0 Å². The summed E-state index contributed by atoms with van der Waals surface area (Å²) in [6.07, 6.45) is 6.02. The second-order valence-corrected chi connectivity index (χ2v) is 7.13. The van der Waals surface area contributed by atoms with Gasteiger partial charge in [0.05, 0.1) is 13.2 Å². The summed E-state index contributed by atoms with van der Waals surface area (Å²) < 4.78 is 5.46. The van der Waals surface area contributed by atoms with Crippen molar-refractivity contribution in [3.8, 4) is 5.75 Å². The van der Waals surface area contributed by atoms with Crippen molar-refractivity contribution in [2.75, 3.05) is 20.7 Å². The topological polar surface area (TPSA) is 32.7 Å². The predicted molar refractivity (Wildman–Crippen MR) is 89.9 cm³/mol. The molecule has 2 bridgehead atoms. The Balaban J connectivity index is 0.00000144. The number of halogens is 1. The molecule has 0 unspecified atom stereocenters. The molecule has 1 aliphatic heterocycles. The molecule has 4 heteroatoms. The molecule has 0 aromatic heterocycles. The summed E-state index contributed by atoms with van der Waals surface area (Å²) in [6.45, 7) is 1.09. The van der Waals surface area contributed by atoms with E-state index in [2.05, 4.69) is 24.1 Å². The maximum Gasteiger partial charge on any atom is 0.119 e. The number of methoxy groups -OCH3 is 1. The number of nitrogens with zero attached hydrogens (tertiary/aromatic N) is 1. The predicted octanol–water partition coefficient (Wildman–Crippen LogP) is 3.30. The molecular formula is C18H26ClNO2. The number of likely N-dealkylation sites (N-methyl/N-ethyl adjacent to an activating group) is 1. The second kappa shape index (κ2) is 5.70. The van der Waals surface area contributed by atoms with Crippen molar-refractivity contribution in [3.05, 3.63) is 29.3 Å². The molecule has 0 radical (unpaired) electrons. The van der Waals surface area contributed by atoms with E-state index in [4.69, 9.17) is 4.74 Å². The Hall–Kier alpha value is -0.770. The quantitative estimate of drug-likeness (QED) is 0.860. The average Bonchev–Trinajstić information content (AvgIpc) is 2.53. The van der Waals surface area contributed by atoms with E-state index in [1.807, 2.05) is 6.07 Å².